The Labute approximate surface area is 119 Å². The SMILES string of the molecule is CC(CC(=O)O)c1ccc2c(ccn2C2CCCC2)c1. The number of aromatic nitrogens is 1. The van der Waals surface area contributed by atoms with Crippen LogP contribution in [0.5, 0.6) is 0 Å². The van der Waals surface area contributed by atoms with Crippen LogP contribution < -0.4 is 0 Å². The van der Waals surface area contributed by atoms with Crippen LogP contribution in [-0.4, -0.2) is 15.6 Å². The van der Waals surface area contributed by atoms with Crippen molar-refractivity contribution in [3.05, 3.63) is 36.0 Å². The first-order valence-corrected chi connectivity index (χ1v) is 7.47. The predicted molar refractivity (Wildman–Crippen MR) is 80.1 cm³/mol. The van der Waals surface area contributed by atoms with Crippen molar-refractivity contribution in [3.63, 3.8) is 0 Å². The van der Waals surface area contributed by atoms with Gasteiger partial charge in [0.25, 0.3) is 0 Å². The van der Waals surface area contributed by atoms with Gasteiger partial charge >= 0.3 is 5.97 Å². The Morgan fingerprint density at radius 1 is 1.35 bits per heavy atom. The van der Waals surface area contributed by atoms with Crippen LogP contribution in [0, 0.1) is 0 Å². The van der Waals surface area contributed by atoms with Crippen molar-refractivity contribution in [1.82, 2.24) is 4.57 Å². The Balaban J connectivity index is 1.91. The van der Waals surface area contributed by atoms with Crippen molar-refractivity contribution in [1.29, 1.82) is 0 Å². The van der Waals surface area contributed by atoms with Crippen molar-refractivity contribution in [2.45, 2.75) is 51.0 Å². The van der Waals surface area contributed by atoms with Gasteiger partial charge in [0.1, 0.15) is 0 Å². The Morgan fingerprint density at radius 3 is 2.80 bits per heavy atom. The smallest absolute Gasteiger partial charge is 0.303 e. The maximum atomic E-state index is 10.8. The molecule has 0 bridgehead atoms. The van der Waals surface area contributed by atoms with E-state index < -0.39 is 5.97 Å². The number of carboxylic acids is 1. The number of hydrogen-bond donors (Lipinski definition) is 1. The van der Waals surface area contributed by atoms with E-state index in [2.05, 4.69) is 35.0 Å². The number of benzene rings is 1. The van der Waals surface area contributed by atoms with Gasteiger partial charge in [-0.15, -0.1) is 0 Å². The van der Waals surface area contributed by atoms with E-state index in [0.717, 1.165) is 5.56 Å². The highest BCUT2D eigenvalue weighted by Crippen LogP contribution is 2.33. The molecule has 3 heteroatoms. The lowest BCUT2D eigenvalue weighted by Crippen LogP contribution is -2.04. The summed E-state index contributed by atoms with van der Waals surface area (Å²) >= 11 is 0. The van der Waals surface area contributed by atoms with Crippen LogP contribution in [0.3, 0.4) is 0 Å². The van der Waals surface area contributed by atoms with Crippen LogP contribution in [0.4, 0.5) is 0 Å². The summed E-state index contributed by atoms with van der Waals surface area (Å²) in [5.41, 5.74) is 2.40. The third-order valence-corrected chi connectivity index (χ3v) is 4.51. The van der Waals surface area contributed by atoms with Gasteiger partial charge in [0.05, 0.1) is 6.42 Å². The Kier molecular flexibility index (Phi) is 3.51. The quantitative estimate of drug-likeness (QED) is 0.899. The lowest BCUT2D eigenvalue weighted by atomic mass is 9.97. The normalized spacial score (nSPS) is 17.6. The maximum absolute atomic E-state index is 10.8. The maximum Gasteiger partial charge on any atom is 0.303 e. The number of carboxylic acid groups (broad SMARTS) is 1. The van der Waals surface area contributed by atoms with Crippen molar-refractivity contribution in [2.24, 2.45) is 0 Å². The molecule has 2 aromatic rings. The van der Waals surface area contributed by atoms with Crippen LogP contribution in [0.2, 0.25) is 0 Å². The molecule has 0 saturated heterocycles. The fraction of sp³-hybridized carbons (Fsp3) is 0.471. The van der Waals surface area contributed by atoms with Crippen LogP contribution in [0.15, 0.2) is 30.5 Å². The molecule has 3 rings (SSSR count). The zero-order valence-electron chi connectivity index (χ0n) is 11.9. The molecule has 0 spiro atoms. The van der Waals surface area contributed by atoms with Gasteiger partial charge in [0.15, 0.2) is 0 Å². The summed E-state index contributed by atoms with van der Waals surface area (Å²) in [6.45, 7) is 1.98. The van der Waals surface area contributed by atoms with Gasteiger partial charge in [-0.2, -0.15) is 0 Å². The van der Waals surface area contributed by atoms with Gasteiger partial charge in [0.2, 0.25) is 0 Å². The van der Waals surface area contributed by atoms with Crippen molar-refractivity contribution < 1.29 is 9.90 Å². The fourth-order valence-electron chi connectivity index (χ4n) is 3.37. The number of carbonyl (C=O) groups is 1. The minimum atomic E-state index is -0.735. The molecule has 1 heterocycles. The second kappa shape index (κ2) is 5.31. The van der Waals surface area contributed by atoms with Crippen LogP contribution >= 0.6 is 0 Å². The first-order valence-electron chi connectivity index (χ1n) is 7.47. The number of hydrogen-bond acceptors (Lipinski definition) is 1. The first kappa shape index (κ1) is 13.2. The van der Waals surface area contributed by atoms with Gasteiger partial charge in [-0.1, -0.05) is 25.8 Å². The molecule has 1 unspecified atom stereocenters. The molecular weight excluding hydrogens is 250 g/mol. The molecule has 1 N–H and O–H groups in total. The largest absolute Gasteiger partial charge is 0.481 e. The van der Waals surface area contributed by atoms with E-state index >= 15 is 0 Å². The number of aliphatic carboxylic acids is 1. The molecule has 1 aliphatic carbocycles. The highest BCUT2D eigenvalue weighted by molar-refractivity contribution is 5.81. The lowest BCUT2D eigenvalue weighted by Gasteiger charge is -2.14. The Morgan fingerprint density at radius 2 is 2.10 bits per heavy atom. The van der Waals surface area contributed by atoms with Gasteiger partial charge in [-0.25, -0.2) is 0 Å². The summed E-state index contributed by atoms with van der Waals surface area (Å²) in [7, 11) is 0. The third kappa shape index (κ3) is 2.45. The highest BCUT2D eigenvalue weighted by Gasteiger charge is 2.18. The molecule has 0 radical (unpaired) electrons. The summed E-state index contributed by atoms with van der Waals surface area (Å²) in [5.74, 6) is -0.673. The molecule has 20 heavy (non-hydrogen) atoms. The van der Waals surface area contributed by atoms with E-state index in [1.807, 2.05) is 6.92 Å². The van der Waals surface area contributed by atoms with E-state index in [4.69, 9.17) is 5.11 Å². The highest BCUT2D eigenvalue weighted by atomic mass is 16.4. The van der Waals surface area contributed by atoms with Crippen molar-refractivity contribution in [3.8, 4) is 0 Å². The Hall–Kier alpha value is -1.77. The van der Waals surface area contributed by atoms with E-state index in [-0.39, 0.29) is 12.3 Å². The standard InChI is InChI=1S/C17H21NO2/c1-12(10-17(19)20)13-6-7-16-14(11-13)8-9-18(16)15-4-2-3-5-15/h6-9,11-12,15H,2-5,10H2,1H3,(H,19,20). The molecule has 3 nitrogen and oxygen atoms in total. The number of rotatable bonds is 4. The fourth-order valence-corrected chi connectivity index (χ4v) is 3.37. The van der Waals surface area contributed by atoms with Crippen LogP contribution in [-0.2, 0) is 4.79 Å². The lowest BCUT2D eigenvalue weighted by molar-refractivity contribution is -0.137. The molecule has 0 aliphatic heterocycles. The molecule has 1 saturated carbocycles. The van der Waals surface area contributed by atoms with E-state index in [9.17, 15) is 4.79 Å². The van der Waals surface area contributed by atoms with E-state index in [1.54, 1.807) is 0 Å². The van der Waals surface area contributed by atoms with E-state index in [1.165, 1.54) is 36.6 Å². The number of fused-ring (bicyclic) bond motifs is 1. The topological polar surface area (TPSA) is 42.2 Å². The second-order valence-electron chi connectivity index (χ2n) is 5.98. The van der Waals surface area contributed by atoms with Gasteiger partial charge in [-0.3, -0.25) is 4.79 Å². The molecule has 1 aliphatic rings. The predicted octanol–water partition coefficient (Wildman–Crippen LogP) is 4.33. The third-order valence-electron chi connectivity index (χ3n) is 4.51. The summed E-state index contributed by atoms with van der Waals surface area (Å²) < 4.78 is 2.40. The van der Waals surface area contributed by atoms with Crippen LogP contribution in [0.25, 0.3) is 10.9 Å². The molecule has 1 aromatic heterocycles. The first-order chi connectivity index (χ1) is 9.65. The van der Waals surface area contributed by atoms with Gasteiger partial charge in [0, 0.05) is 17.8 Å². The monoisotopic (exact) mass is 271 g/mol. The minimum Gasteiger partial charge on any atom is -0.481 e. The van der Waals surface area contributed by atoms with E-state index in [0.29, 0.717) is 6.04 Å². The molecule has 106 valence electrons. The number of nitrogens with zero attached hydrogens (tertiary/aromatic N) is 1. The molecule has 0 amide bonds. The summed E-state index contributed by atoms with van der Waals surface area (Å²) in [4.78, 5) is 10.8. The summed E-state index contributed by atoms with van der Waals surface area (Å²) in [6.07, 6.45) is 7.60. The zero-order chi connectivity index (χ0) is 14.1. The molecular formula is C17H21NO2. The van der Waals surface area contributed by atoms with Gasteiger partial charge < -0.3 is 9.67 Å². The zero-order valence-corrected chi connectivity index (χ0v) is 11.9. The molecule has 1 aromatic carbocycles. The average Bonchev–Trinajstić information content (AvgIpc) is 3.05. The van der Waals surface area contributed by atoms with Gasteiger partial charge in [-0.05, 0) is 47.9 Å². The molecule has 1 atom stereocenters. The summed E-state index contributed by atoms with van der Waals surface area (Å²) in [6, 6.07) is 9.19. The van der Waals surface area contributed by atoms with Crippen LogP contribution in [0.1, 0.15) is 56.6 Å². The summed E-state index contributed by atoms with van der Waals surface area (Å²) in [5, 5.41) is 10.1. The second-order valence-corrected chi connectivity index (χ2v) is 5.98. The van der Waals surface area contributed by atoms with Crippen molar-refractivity contribution in [2.75, 3.05) is 0 Å². The average molecular weight is 271 g/mol. The van der Waals surface area contributed by atoms with Crippen molar-refractivity contribution >= 4 is 16.9 Å². The Bertz CT molecular complexity index is 623. The molecule has 1 fully saturated rings. The minimum absolute atomic E-state index is 0.0618.